The van der Waals surface area contributed by atoms with Gasteiger partial charge in [0, 0.05) is 19.0 Å². The highest BCUT2D eigenvalue weighted by Gasteiger charge is 2.20. The molecule has 0 bridgehead atoms. The molecule has 2 aromatic rings. The van der Waals surface area contributed by atoms with Gasteiger partial charge in [0.05, 0.1) is 24.2 Å². The number of rotatable bonds is 6. The molecule has 2 aromatic carbocycles. The van der Waals surface area contributed by atoms with E-state index in [4.69, 9.17) is 18.9 Å². The van der Waals surface area contributed by atoms with E-state index in [1.165, 1.54) is 12.1 Å². The van der Waals surface area contributed by atoms with Crippen molar-refractivity contribution in [1.29, 1.82) is 0 Å². The summed E-state index contributed by atoms with van der Waals surface area (Å²) in [6, 6.07) is 9.68. The average Bonchev–Trinajstić information content (AvgIpc) is 3.03. The predicted molar refractivity (Wildman–Crippen MR) is 99.4 cm³/mol. The predicted octanol–water partition coefficient (Wildman–Crippen LogP) is 1.98. The van der Waals surface area contributed by atoms with Crippen LogP contribution >= 0.6 is 0 Å². The number of aliphatic hydroxyl groups is 1. The van der Waals surface area contributed by atoms with Crippen LogP contribution in [0.5, 0.6) is 23.0 Å². The summed E-state index contributed by atoms with van der Waals surface area (Å²) in [5, 5.41) is 10.3. The van der Waals surface area contributed by atoms with Gasteiger partial charge in [0.25, 0.3) is 0 Å². The van der Waals surface area contributed by atoms with Crippen molar-refractivity contribution in [1.82, 2.24) is 4.72 Å². The number of aliphatic hydroxyl groups excluding tert-OH is 1. The smallest absolute Gasteiger partial charge is 0.240 e. The van der Waals surface area contributed by atoms with E-state index < -0.39 is 16.1 Å². The van der Waals surface area contributed by atoms with E-state index >= 15 is 0 Å². The minimum atomic E-state index is -3.73. The first-order valence-electron chi connectivity index (χ1n) is 9.00. The summed E-state index contributed by atoms with van der Waals surface area (Å²) in [6.45, 7) is 1.25. The zero-order valence-corrected chi connectivity index (χ0v) is 15.9. The Kier molecular flexibility index (Phi) is 5.29. The second-order valence-corrected chi connectivity index (χ2v) is 8.24. The lowest BCUT2D eigenvalue weighted by atomic mass is 10.1. The van der Waals surface area contributed by atoms with Crippen LogP contribution in [-0.2, 0) is 10.0 Å². The molecular formula is C19H21NO7S. The molecule has 9 heteroatoms. The highest BCUT2D eigenvalue weighted by atomic mass is 32.2. The number of sulfonamides is 1. The molecule has 0 aromatic heterocycles. The van der Waals surface area contributed by atoms with Gasteiger partial charge in [-0.1, -0.05) is 6.07 Å². The third-order valence-electron chi connectivity index (χ3n) is 4.52. The quantitative estimate of drug-likeness (QED) is 0.755. The Bertz CT molecular complexity index is 961. The minimum Gasteiger partial charge on any atom is -0.490 e. The Morgan fingerprint density at radius 2 is 1.61 bits per heavy atom. The maximum atomic E-state index is 12.5. The molecule has 2 N–H and O–H groups in total. The highest BCUT2D eigenvalue weighted by molar-refractivity contribution is 7.89. The van der Waals surface area contributed by atoms with Gasteiger partial charge in [0.1, 0.15) is 0 Å². The Morgan fingerprint density at radius 3 is 2.46 bits per heavy atom. The lowest BCUT2D eigenvalue weighted by molar-refractivity contribution is 0.166. The normalized spacial score (nSPS) is 16.5. The van der Waals surface area contributed by atoms with Gasteiger partial charge in [-0.15, -0.1) is 0 Å². The van der Waals surface area contributed by atoms with Gasteiger partial charge in [-0.05, 0) is 36.2 Å². The number of hydrogen-bond acceptors (Lipinski definition) is 7. The Labute approximate surface area is 163 Å². The first kappa shape index (κ1) is 18.9. The van der Waals surface area contributed by atoms with Crippen molar-refractivity contribution in [3.63, 3.8) is 0 Å². The van der Waals surface area contributed by atoms with Crippen molar-refractivity contribution < 1.29 is 32.5 Å². The van der Waals surface area contributed by atoms with E-state index in [2.05, 4.69) is 4.72 Å². The number of ether oxygens (including phenoxy) is 4. The van der Waals surface area contributed by atoms with Gasteiger partial charge >= 0.3 is 0 Å². The lowest BCUT2D eigenvalue weighted by Crippen LogP contribution is -2.26. The van der Waals surface area contributed by atoms with Gasteiger partial charge in [0.2, 0.25) is 16.8 Å². The van der Waals surface area contributed by atoms with Gasteiger partial charge in [-0.2, -0.15) is 0 Å². The zero-order chi connectivity index (χ0) is 19.6. The van der Waals surface area contributed by atoms with E-state index in [9.17, 15) is 13.5 Å². The molecule has 2 aliphatic rings. The molecule has 2 aliphatic heterocycles. The van der Waals surface area contributed by atoms with Crippen LogP contribution in [0.4, 0.5) is 0 Å². The Hall–Kier alpha value is -2.49. The van der Waals surface area contributed by atoms with Crippen molar-refractivity contribution in [3.05, 3.63) is 42.0 Å². The van der Waals surface area contributed by atoms with Crippen LogP contribution in [0.3, 0.4) is 0 Å². The summed E-state index contributed by atoms with van der Waals surface area (Å²) in [6.07, 6.45) is 0.122. The number of hydrogen-bond donors (Lipinski definition) is 2. The molecule has 0 unspecified atom stereocenters. The molecule has 0 fully saturated rings. The molecule has 28 heavy (non-hydrogen) atoms. The fourth-order valence-corrected chi connectivity index (χ4v) is 4.07. The molecular weight excluding hydrogens is 386 g/mol. The SMILES string of the molecule is O=S(=O)(NCC[C@H](O)c1ccc2c(c1)OCO2)c1ccc2c(c1)OCCCO2. The maximum Gasteiger partial charge on any atom is 0.240 e. The second kappa shape index (κ2) is 7.86. The highest BCUT2D eigenvalue weighted by Crippen LogP contribution is 2.35. The van der Waals surface area contributed by atoms with Crippen molar-refractivity contribution in [2.24, 2.45) is 0 Å². The van der Waals surface area contributed by atoms with E-state index in [-0.39, 0.29) is 24.7 Å². The molecule has 4 rings (SSSR count). The zero-order valence-electron chi connectivity index (χ0n) is 15.1. The first-order valence-corrected chi connectivity index (χ1v) is 10.5. The third kappa shape index (κ3) is 4.01. The molecule has 0 saturated carbocycles. The van der Waals surface area contributed by atoms with Crippen LogP contribution < -0.4 is 23.7 Å². The Morgan fingerprint density at radius 1 is 0.929 bits per heavy atom. The first-order chi connectivity index (χ1) is 13.5. The summed E-state index contributed by atoms with van der Waals surface area (Å²) in [5.74, 6) is 2.16. The second-order valence-electron chi connectivity index (χ2n) is 6.47. The number of fused-ring (bicyclic) bond motifs is 2. The summed E-state index contributed by atoms with van der Waals surface area (Å²) in [7, 11) is -3.73. The van der Waals surface area contributed by atoms with Crippen molar-refractivity contribution >= 4 is 10.0 Å². The number of nitrogens with one attached hydrogen (secondary N) is 1. The molecule has 150 valence electrons. The standard InChI is InChI=1S/C19H21NO7S/c21-15(13-2-4-17-18(10-13)27-12-26-17)6-7-20-28(22,23)14-3-5-16-19(11-14)25-9-1-8-24-16/h2-5,10-11,15,20-21H,1,6-9,12H2/t15-/m0/s1. The van der Waals surface area contributed by atoms with Crippen molar-refractivity contribution in [3.8, 4) is 23.0 Å². The van der Waals surface area contributed by atoms with Crippen LogP contribution in [-0.4, -0.2) is 40.1 Å². The van der Waals surface area contributed by atoms with Crippen molar-refractivity contribution in [2.75, 3.05) is 26.6 Å². The van der Waals surface area contributed by atoms with Crippen LogP contribution in [0.15, 0.2) is 41.3 Å². The fraction of sp³-hybridized carbons (Fsp3) is 0.368. The number of benzene rings is 2. The van der Waals surface area contributed by atoms with Crippen LogP contribution in [0, 0.1) is 0 Å². The average molecular weight is 407 g/mol. The molecule has 0 aliphatic carbocycles. The van der Waals surface area contributed by atoms with E-state index in [1.807, 2.05) is 0 Å². The maximum absolute atomic E-state index is 12.5. The molecule has 2 heterocycles. The van der Waals surface area contributed by atoms with Gasteiger partial charge in [-0.25, -0.2) is 13.1 Å². The minimum absolute atomic E-state index is 0.0758. The molecule has 1 atom stereocenters. The van der Waals surface area contributed by atoms with Gasteiger partial charge in [-0.3, -0.25) is 0 Å². The van der Waals surface area contributed by atoms with Gasteiger partial charge < -0.3 is 24.1 Å². The Balaban J connectivity index is 1.38. The summed E-state index contributed by atoms with van der Waals surface area (Å²) in [4.78, 5) is 0.0920. The summed E-state index contributed by atoms with van der Waals surface area (Å²) >= 11 is 0. The van der Waals surface area contributed by atoms with E-state index in [1.54, 1.807) is 24.3 Å². The van der Waals surface area contributed by atoms with Gasteiger partial charge in [0.15, 0.2) is 23.0 Å². The molecule has 8 nitrogen and oxygen atoms in total. The van der Waals surface area contributed by atoms with Crippen LogP contribution in [0.1, 0.15) is 24.5 Å². The molecule has 0 radical (unpaired) electrons. The fourth-order valence-electron chi connectivity index (χ4n) is 3.01. The van der Waals surface area contributed by atoms with Crippen LogP contribution in [0.2, 0.25) is 0 Å². The lowest BCUT2D eigenvalue weighted by Gasteiger charge is -2.13. The van der Waals surface area contributed by atoms with Crippen LogP contribution in [0.25, 0.3) is 0 Å². The summed E-state index contributed by atoms with van der Waals surface area (Å²) in [5.41, 5.74) is 0.638. The monoisotopic (exact) mass is 407 g/mol. The molecule has 0 saturated heterocycles. The summed E-state index contributed by atoms with van der Waals surface area (Å²) < 4.78 is 49.2. The topological polar surface area (TPSA) is 103 Å². The van der Waals surface area contributed by atoms with Crippen molar-refractivity contribution in [2.45, 2.75) is 23.8 Å². The largest absolute Gasteiger partial charge is 0.490 e. The molecule has 0 spiro atoms. The molecule has 0 amide bonds. The van der Waals surface area contributed by atoms with E-state index in [0.717, 1.165) is 6.42 Å². The van der Waals surface area contributed by atoms with E-state index in [0.29, 0.717) is 41.8 Å². The third-order valence-corrected chi connectivity index (χ3v) is 5.98.